The molecular weight excluding hydrogens is 320 g/mol. The van der Waals surface area contributed by atoms with Gasteiger partial charge in [0.2, 0.25) is 11.8 Å². The molecule has 1 N–H and O–H groups in total. The summed E-state index contributed by atoms with van der Waals surface area (Å²) in [6.07, 6.45) is 4.83. The Bertz CT molecular complexity index is 753. The van der Waals surface area contributed by atoms with Crippen LogP contribution in [0, 0.1) is 0 Å². The summed E-state index contributed by atoms with van der Waals surface area (Å²) in [6.45, 7) is 2.97. The van der Waals surface area contributed by atoms with E-state index < -0.39 is 0 Å². The molecule has 8 heteroatoms. The molecule has 4 rings (SSSR count). The number of hydrogen-bond acceptors (Lipinski definition) is 6. The Kier molecular flexibility index (Phi) is 4.52. The number of likely N-dealkylation sites (tertiary alicyclic amines) is 1. The van der Waals surface area contributed by atoms with Gasteiger partial charge in [-0.2, -0.15) is 4.52 Å². The van der Waals surface area contributed by atoms with Crippen LogP contribution < -0.4 is 10.1 Å². The van der Waals surface area contributed by atoms with Crippen molar-refractivity contribution in [3.05, 3.63) is 18.0 Å². The van der Waals surface area contributed by atoms with E-state index in [2.05, 4.69) is 25.5 Å². The molecule has 0 aliphatic carbocycles. The predicted octanol–water partition coefficient (Wildman–Crippen LogP) is 0.981. The fraction of sp³-hybridized carbons (Fsp3) is 0.647. The highest BCUT2D eigenvalue weighted by atomic mass is 16.5. The summed E-state index contributed by atoms with van der Waals surface area (Å²) in [5.74, 6) is 2.03. The molecule has 1 unspecified atom stereocenters. The molecule has 1 atom stereocenters. The summed E-state index contributed by atoms with van der Waals surface area (Å²) in [6, 6.07) is 3.98. The van der Waals surface area contributed by atoms with Crippen LogP contribution in [-0.4, -0.2) is 63.4 Å². The number of piperidine rings is 2. The number of nitrogens with one attached hydrogen (secondary N) is 1. The number of methoxy groups -OCH3 is 1. The Labute approximate surface area is 146 Å². The Morgan fingerprint density at radius 3 is 2.84 bits per heavy atom. The molecule has 1 amide bonds. The van der Waals surface area contributed by atoms with Crippen molar-refractivity contribution in [1.82, 2.24) is 30.0 Å². The Balaban J connectivity index is 1.39. The molecule has 0 aromatic carbocycles. The van der Waals surface area contributed by atoms with Gasteiger partial charge in [0, 0.05) is 31.0 Å². The minimum atomic E-state index is 0.195. The number of carbonyl (C=O) groups excluding carboxylic acids is 1. The van der Waals surface area contributed by atoms with Crippen LogP contribution in [0.2, 0.25) is 0 Å². The van der Waals surface area contributed by atoms with Gasteiger partial charge in [-0.3, -0.25) is 4.79 Å². The number of carbonyl (C=O) groups is 1. The van der Waals surface area contributed by atoms with Crippen LogP contribution in [0.1, 0.15) is 43.8 Å². The van der Waals surface area contributed by atoms with Crippen LogP contribution in [0.3, 0.4) is 0 Å². The lowest BCUT2D eigenvalue weighted by Gasteiger charge is -2.35. The highest BCUT2D eigenvalue weighted by molar-refractivity contribution is 5.76. The van der Waals surface area contributed by atoms with Crippen LogP contribution >= 0.6 is 0 Å². The largest absolute Gasteiger partial charge is 0.480 e. The molecule has 4 heterocycles. The zero-order chi connectivity index (χ0) is 17.2. The van der Waals surface area contributed by atoms with Crippen LogP contribution in [0.4, 0.5) is 0 Å². The molecule has 2 aliphatic rings. The van der Waals surface area contributed by atoms with Crippen LogP contribution in [-0.2, 0) is 4.79 Å². The van der Waals surface area contributed by atoms with Gasteiger partial charge in [-0.1, -0.05) is 0 Å². The fourth-order valence-electron chi connectivity index (χ4n) is 3.86. The average Bonchev–Trinajstić information content (AvgIpc) is 3.05. The lowest BCUT2D eigenvalue weighted by Crippen LogP contribution is -2.48. The second kappa shape index (κ2) is 6.95. The maximum absolute atomic E-state index is 11.5. The molecule has 134 valence electrons. The van der Waals surface area contributed by atoms with Gasteiger partial charge in [-0.05, 0) is 44.8 Å². The lowest BCUT2D eigenvalue weighted by atomic mass is 9.95. The van der Waals surface area contributed by atoms with Gasteiger partial charge in [0.15, 0.2) is 11.5 Å². The topological polar surface area (TPSA) is 84.7 Å². The van der Waals surface area contributed by atoms with Crippen molar-refractivity contribution in [3.63, 3.8) is 0 Å². The molecule has 0 radical (unpaired) electrons. The van der Waals surface area contributed by atoms with Gasteiger partial charge in [0.05, 0.1) is 7.11 Å². The maximum atomic E-state index is 11.5. The standard InChI is InChI=1S/C17H24N6O2/c1-25-16-6-5-14-19-20-17(23(14)21-16)12-7-9-22(10-8-12)11-13-3-2-4-15(24)18-13/h5-6,12-13H,2-4,7-11H2,1H3,(H,18,24). The molecule has 2 saturated heterocycles. The number of amides is 1. The molecule has 0 saturated carbocycles. The second-order valence-electron chi connectivity index (χ2n) is 6.94. The zero-order valence-corrected chi connectivity index (χ0v) is 14.5. The Morgan fingerprint density at radius 1 is 1.24 bits per heavy atom. The highest BCUT2D eigenvalue weighted by Gasteiger charge is 2.27. The van der Waals surface area contributed by atoms with E-state index in [1.54, 1.807) is 17.7 Å². The van der Waals surface area contributed by atoms with Gasteiger partial charge in [-0.25, -0.2) is 0 Å². The van der Waals surface area contributed by atoms with Crippen molar-refractivity contribution in [3.8, 4) is 5.88 Å². The van der Waals surface area contributed by atoms with Gasteiger partial charge in [-0.15, -0.1) is 15.3 Å². The smallest absolute Gasteiger partial charge is 0.231 e. The first kappa shape index (κ1) is 16.3. The highest BCUT2D eigenvalue weighted by Crippen LogP contribution is 2.27. The minimum absolute atomic E-state index is 0.195. The summed E-state index contributed by atoms with van der Waals surface area (Å²) in [7, 11) is 1.61. The molecule has 0 spiro atoms. The summed E-state index contributed by atoms with van der Waals surface area (Å²) in [4.78, 5) is 14.0. The third-order valence-corrected chi connectivity index (χ3v) is 5.22. The van der Waals surface area contributed by atoms with Crippen molar-refractivity contribution in [2.45, 2.75) is 44.1 Å². The first-order valence-corrected chi connectivity index (χ1v) is 9.01. The summed E-state index contributed by atoms with van der Waals surface area (Å²) in [5, 5.41) is 16.2. The number of fused-ring (bicyclic) bond motifs is 1. The molecule has 2 aromatic heterocycles. The van der Waals surface area contributed by atoms with Crippen molar-refractivity contribution in [2.24, 2.45) is 0 Å². The quantitative estimate of drug-likeness (QED) is 0.890. The number of hydrogen-bond donors (Lipinski definition) is 1. The van der Waals surface area contributed by atoms with E-state index in [4.69, 9.17) is 4.74 Å². The zero-order valence-electron chi connectivity index (χ0n) is 14.5. The molecule has 8 nitrogen and oxygen atoms in total. The van der Waals surface area contributed by atoms with Crippen molar-refractivity contribution >= 4 is 11.6 Å². The summed E-state index contributed by atoms with van der Waals surface area (Å²) >= 11 is 0. The Morgan fingerprint density at radius 2 is 2.08 bits per heavy atom. The van der Waals surface area contributed by atoms with E-state index in [0.29, 0.717) is 24.3 Å². The number of ether oxygens (including phenoxy) is 1. The van der Waals surface area contributed by atoms with E-state index in [1.807, 2.05) is 6.07 Å². The predicted molar refractivity (Wildman–Crippen MR) is 91.5 cm³/mol. The summed E-state index contributed by atoms with van der Waals surface area (Å²) in [5.41, 5.74) is 0.753. The van der Waals surface area contributed by atoms with Gasteiger partial charge >= 0.3 is 0 Å². The molecule has 25 heavy (non-hydrogen) atoms. The molecule has 2 aliphatic heterocycles. The number of aromatic nitrogens is 4. The number of rotatable bonds is 4. The first-order chi connectivity index (χ1) is 12.2. The molecular formula is C17H24N6O2. The monoisotopic (exact) mass is 344 g/mol. The third-order valence-electron chi connectivity index (χ3n) is 5.22. The summed E-state index contributed by atoms with van der Waals surface area (Å²) < 4.78 is 7.02. The van der Waals surface area contributed by atoms with Crippen LogP contribution in [0.15, 0.2) is 12.1 Å². The van der Waals surface area contributed by atoms with Crippen molar-refractivity contribution < 1.29 is 9.53 Å². The van der Waals surface area contributed by atoms with E-state index in [9.17, 15) is 4.79 Å². The lowest BCUT2D eigenvalue weighted by molar-refractivity contribution is -0.123. The first-order valence-electron chi connectivity index (χ1n) is 9.01. The maximum Gasteiger partial charge on any atom is 0.231 e. The minimum Gasteiger partial charge on any atom is -0.480 e. The van der Waals surface area contributed by atoms with E-state index >= 15 is 0 Å². The van der Waals surface area contributed by atoms with Crippen LogP contribution in [0.25, 0.3) is 5.65 Å². The van der Waals surface area contributed by atoms with Gasteiger partial charge in [0.1, 0.15) is 0 Å². The van der Waals surface area contributed by atoms with E-state index in [1.165, 1.54) is 0 Å². The van der Waals surface area contributed by atoms with E-state index in [0.717, 1.165) is 56.8 Å². The van der Waals surface area contributed by atoms with Crippen LogP contribution in [0.5, 0.6) is 5.88 Å². The molecule has 2 fully saturated rings. The van der Waals surface area contributed by atoms with Gasteiger partial charge < -0.3 is 15.0 Å². The fourth-order valence-corrected chi connectivity index (χ4v) is 3.86. The van der Waals surface area contributed by atoms with Crippen molar-refractivity contribution in [2.75, 3.05) is 26.7 Å². The molecule has 2 aromatic rings. The third kappa shape index (κ3) is 3.44. The van der Waals surface area contributed by atoms with Gasteiger partial charge in [0.25, 0.3) is 0 Å². The SMILES string of the molecule is COc1ccc2nnc(C3CCN(CC4CCCC(=O)N4)CC3)n2n1. The number of nitrogens with zero attached hydrogens (tertiary/aromatic N) is 5. The normalized spacial score (nSPS) is 22.9. The second-order valence-corrected chi connectivity index (χ2v) is 6.94. The molecule has 0 bridgehead atoms. The Hall–Kier alpha value is -2.22. The van der Waals surface area contributed by atoms with Crippen molar-refractivity contribution in [1.29, 1.82) is 0 Å². The van der Waals surface area contributed by atoms with E-state index in [-0.39, 0.29) is 5.91 Å². The average molecular weight is 344 g/mol.